The highest BCUT2D eigenvalue weighted by atomic mass is 35.5. The zero-order valence-corrected chi connectivity index (χ0v) is 12.3. The SMILES string of the molecule is C/C(=N/NC(=O)c1ccc(Cl)cc1Cl)c1cccs1. The molecule has 1 N–H and O–H groups in total. The van der Waals surface area contributed by atoms with E-state index in [1.807, 2.05) is 24.4 Å². The summed E-state index contributed by atoms with van der Waals surface area (Å²) in [4.78, 5) is 12.9. The number of hydrogen-bond donors (Lipinski definition) is 1. The first kappa shape index (κ1) is 14.1. The first-order valence-corrected chi connectivity index (χ1v) is 7.05. The number of rotatable bonds is 3. The first-order chi connectivity index (χ1) is 9.08. The summed E-state index contributed by atoms with van der Waals surface area (Å²) in [6.07, 6.45) is 0. The predicted octanol–water partition coefficient (Wildman–Crippen LogP) is 4.21. The van der Waals surface area contributed by atoms with Crippen LogP contribution in [-0.4, -0.2) is 11.6 Å². The van der Waals surface area contributed by atoms with Crippen molar-refractivity contribution in [2.24, 2.45) is 5.10 Å². The number of halogens is 2. The summed E-state index contributed by atoms with van der Waals surface area (Å²) in [7, 11) is 0. The molecular formula is C13H10Cl2N2OS. The van der Waals surface area contributed by atoms with Crippen molar-refractivity contribution in [3.63, 3.8) is 0 Å². The molecule has 2 rings (SSSR count). The predicted molar refractivity (Wildman–Crippen MR) is 80.5 cm³/mol. The minimum Gasteiger partial charge on any atom is -0.267 e. The lowest BCUT2D eigenvalue weighted by Crippen LogP contribution is -2.19. The molecule has 0 saturated heterocycles. The van der Waals surface area contributed by atoms with Crippen LogP contribution in [0.2, 0.25) is 10.0 Å². The second kappa shape index (κ2) is 6.19. The Morgan fingerprint density at radius 1 is 1.32 bits per heavy atom. The molecule has 0 aliphatic rings. The summed E-state index contributed by atoms with van der Waals surface area (Å²) in [6, 6.07) is 8.56. The van der Waals surface area contributed by atoms with Crippen LogP contribution in [0.15, 0.2) is 40.8 Å². The van der Waals surface area contributed by atoms with Crippen LogP contribution in [0, 0.1) is 0 Å². The molecule has 0 aliphatic carbocycles. The van der Waals surface area contributed by atoms with E-state index in [-0.39, 0.29) is 5.91 Å². The molecule has 0 radical (unpaired) electrons. The first-order valence-electron chi connectivity index (χ1n) is 5.41. The highest BCUT2D eigenvalue weighted by Crippen LogP contribution is 2.20. The Labute approximate surface area is 124 Å². The monoisotopic (exact) mass is 312 g/mol. The van der Waals surface area contributed by atoms with Crippen molar-refractivity contribution in [3.8, 4) is 0 Å². The molecule has 0 aliphatic heterocycles. The average molecular weight is 313 g/mol. The summed E-state index contributed by atoms with van der Waals surface area (Å²) in [5.41, 5.74) is 3.56. The second-order valence-corrected chi connectivity index (χ2v) is 5.53. The highest BCUT2D eigenvalue weighted by molar-refractivity contribution is 7.12. The lowest BCUT2D eigenvalue weighted by atomic mass is 10.2. The Morgan fingerprint density at radius 3 is 2.74 bits per heavy atom. The molecule has 0 unspecified atom stereocenters. The zero-order chi connectivity index (χ0) is 13.8. The van der Waals surface area contributed by atoms with Crippen LogP contribution in [0.4, 0.5) is 0 Å². The molecule has 1 heterocycles. The molecule has 1 amide bonds. The molecule has 6 heteroatoms. The lowest BCUT2D eigenvalue weighted by molar-refractivity contribution is 0.0955. The van der Waals surface area contributed by atoms with Gasteiger partial charge in [0.25, 0.3) is 5.91 Å². The van der Waals surface area contributed by atoms with Gasteiger partial charge in [0.1, 0.15) is 0 Å². The molecule has 1 aromatic carbocycles. The van der Waals surface area contributed by atoms with E-state index >= 15 is 0 Å². The summed E-state index contributed by atoms with van der Waals surface area (Å²) >= 11 is 13.3. The fourth-order valence-corrected chi connectivity index (χ4v) is 2.58. The van der Waals surface area contributed by atoms with E-state index in [2.05, 4.69) is 10.5 Å². The van der Waals surface area contributed by atoms with E-state index < -0.39 is 0 Å². The van der Waals surface area contributed by atoms with Crippen LogP contribution >= 0.6 is 34.5 Å². The molecule has 2 aromatic rings. The van der Waals surface area contributed by atoms with Crippen molar-refractivity contribution in [2.75, 3.05) is 0 Å². The van der Waals surface area contributed by atoms with Crippen molar-refractivity contribution in [2.45, 2.75) is 6.92 Å². The number of carbonyl (C=O) groups is 1. The summed E-state index contributed by atoms with van der Waals surface area (Å²) in [5.74, 6) is -0.363. The topological polar surface area (TPSA) is 41.5 Å². The molecule has 1 aromatic heterocycles. The molecule has 0 spiro atoms. The Bertz CT molecular complexity index is 624. The number of amides is 1. The largest absolute Gasteiger partial charge is 0.272 e. The number of carbonyl (C=O) groups excluding carboxylic acids is 1. The van der Waals surface area contributed by atoms with E-state index in [4.69, 9.17) is 23.2 Å². The third-order valence-corrected chi connectivity index (χ3v) is 3.91. The third kappa shape index (κ3) is 3.56. The number of benzene rings is 1. The minimum atomic E-state index is -0.363. The second-order valence-electron chi connectivity index (χ2n) is 3.74. The smallest absolute Gasteiger partial charge is 0.267 e. The van der Waals surface area contributed by atoms with Crippen LogP contribution in [0.5, 0.6) is 0 Å². The van der Waals surface area contributed by atoms with Crippen LogP contribution in [-0.2, 0) is 0 Å². The lowest BCUT2D eigenvalue weighted by Gasteiger charge is -2.04. The van der Waals surface area contributed by atoms with Crippen molar-refractivity contribution in [3.05, 3.63) is 56.2 Å². The van der Waals surface area contributed by atoms with Gasteiger partial charge in [0.05, 0.1) is 16.3 Å². The van der Waals surface area contributed by atoms with Gasteiger partial charge < -0.3 is 0 Å². The molecule has 0 bridgehead atoms. The summed E-state index contributed by atoms with van der Waals surface area (Å²) < 4.78 is 0. The molecule has 0 saturated carbocycles. The van der Waals surface area contributed by atoms with E-state index in [9.17, 15) is 4.79 Å². The van der Waals surface area contributed by atoms with Gasteiger partial charge in [-0.15, -0.1) is 11.3 Å². The molecule has 19 heavy (non-hydrogen) atoms. The Kier molecular flexibility index (Phi) is 4.58. The van der Waals surface area contributed by atoms with Gasteiger partial charge in [-0.2, -0.15) is 5.10 Å². The van der Waals surface area contributed by atoms with Gasteiger partial charge in [-0.3, -0.25) is 4.79 Å². The third-order valence-electron chi connectivity index (χ3n) is 2.38. The molecular weight excluding hydrogens is 303 g/mol. The van der Waals surface area contributed by atoms with Crippen LogP contribution in [0.3, 0.4) is 0 Å². The van der Waals surface area contributed by atoms with Gasteiger partial charge in [-0.25, -0.2) is 5.43 Å². The van der Waals surface area contributed by atoms with Crippen LogP contribution < -0.4 is 5.43 Å². The van der Waals surface area contributed by atoms with Gasteiger partial charge in [0, 0.05) is 9.90 Å². The minimum absolute atomic E-state index is 0.300. The zero-order valence-electron chi connectivity index (χ0n) is 9.98. The van der Waals surface area contributed by atoms with Gasteiger partial charge in [-0.05, 0) is 36.6 Å². The van der Waals surface area contributed by atoms with Crippen molar-refractivity contribution in [1.82, 2.24) is 5.43 Å². The molecule has 98 valence electrons. The maximum Gasteiger partial charge on any atom is 0.272 e. The van der Waals surface area contributed by atoms with E-state index in [0.29, 0.717) is 15.6 Å². The Hall–Kier alpha value is -1.36. The number of hydrazone groups is 1. The van der Waals surface area contributed by atoms with Gasteiger partial charge >= 0.3 is 0 Å². The highest BCUT2D eigenvalue weighted by Gasteiger charge is 2.10. The molecule has 0 atom stereocenters. The van der Waals surface area contributed by atoms with Crippen molar-refractivity contribution < 1.29 is 4.79 Å². The van der Waals surface area contributed by atoms with E-state index in [0.717, 1.165) is 10.6 Å². The maximum atomic E-state index is 11.9. The van der Waals surface area contributed by atoms with Crippen LogP contribution in [0.25, 0.3) is 0 Å². The number of nitrogens with one attached hydrogen (secondary N) is 1. The number of hydrogen-bond acceptors (Lipinski definition) is 3. The number of nitrogens with zero attached hydrogens (tertiary/aromatic N) is 1. The summed E-state index contributed by atoms with van der Waals surface area (Å²) in [6.45, 7) is 1.83. The van der Waals surface area contributed by atoms with Gasteiger partial charge in [0.15, 0.2) is 0 Å². The van der Waals surface area contributed by atoms with Gasteiger partial charge in [0.2, 0.25) is 0 Å². The quantitative estimate of drug-likeness (QED) is 0.669. The van der Waals surface area contributed by atoms with Crippen molar-refractivity contribution in [1.29, 1.82) is 0 Å². The van der Waals surface area contributed by atoms with E-state index in [1.165, 1.54) is 6.07 Å². The number of thiophene rings is 1. The maximum absolute atomic E-state index is 11.9. The van der Waals surface area contributed by atoms with Crippen LogP contribution in [0.1, 0.15) is 22.2 Å². The van der Waals surface area contributed by atoms with Gasteiger partial charge in [-0.1, -0.05) is 29.3 Å². The summed E-state index contributed by atoms with van der Waals surface area (Å²) in [5, 5.41) is 6.78. The Balaban J connectivity index is 2.11. The Morgan fingerprint density at radius 2 is 2.11 bits per heavy atom. The molecule has 3 nitrogen and oxygen atoms in total. The molecule has 0 fully saturated rings. The average Bonchev–Trinajstić information content (AvgIpc) is 2.89. The standard InChI is InChI=1S/C13H10Cl2N2OS/c1-8(12-3-2-6-19-12)16-17-13(18)10-5-4-9(14)7-11(10)15/h2-7H,1H3,(H,17,18)/b16-8-. The normalized spacial score (nSPS) is 11.4. The van der Waals surface area contributed by atoms with E-state index in [1.54, 1.807) is 23.5 Å². The fraction of sp³-hybridized carbons (Fsp3) is 0.0769. The fourth-order valence-electron chi connectivity index (χ4n) is 1.41. The van der Waals surface area contributed by atoms with Crippen molar-refractivity contribution >= 4 is 46.2 Å².